The molecule has 0 unspecified atom stereocenters. The van der Waals surface area contributed by atoms with Crippen molar-refractivity contribution in [2.24, 2.45) is 5.73 Å². The summed E-state index contributed by atoms with van der Waals surface area (Å²) in [5.41, 5.74) is 5.34. The zero-order valence-electron chi connectivity index (χ0n) is 13.9. The van der Waals surface area contributed by atoms with Gasteiger partial charge >= 0.3 is 12.1 Å². The molecule has 2 fully saturated rings. The highest BCUT2D eigenvalue weighted by atomic mass is 35.5. The van der Waals surface area contributed by atoms with Gasteiger partial charge in [-0.25, -0.2) is 4.79 Å². The van der Waals surface area contributed by atoms with Gasteiger partial charge in [0, 0.05) is 37.9 Å². The molecule has 136 valence electrons. The molecule has 1 aromatic carbocycles. The number of carbonyl (C=O) groups is 2. The van der Waals surface area contributed by atoms with E-state index in [1.807, 2.05) is 12.1 Å². The SMILES string of the molecule is CC(=O)OCC1(N)CN(C(=O)OC2CC(Oc3cccc(Cl)c3)C2)C1. The predicted octanol–water partition coefficient (Wildman–Crippen LogP) is 1.96. The van der Waals surface area contributed by atoms with E-state index in [9.17, 15) is 9.59 Å². The number of hydrogen-bond acceptors (Lipinski definition) is 6. The Morgan fingerprint density at radius 2 is 2.04 bits per heavy atom. The minimum atomic E-state index is -0.678. The highest BCUT2D eigenvalue weighted by Crippen LogP contribution is 2.30. The van der Waals surface area contributed by atoms with E-state index in [-0.39, 0.29) is 24.8 Å². The summed E-state index contributed by atoms with van der Waals surface area (Å²) in [5, 5.41) is 0.622. The summed E-state index contributed by atoms with van der Waals surface area (Å²) in [6, 6.07) is 7.21. The van der Waals surface area contributed by atoms with Gasteiger partial charge in [-0.15, -0.1) is 0 Å². The Balaban J connectivity index is 1.35. The van der Waals surface area contributed by atoms with Gasteiger partial charge in [-0.3, -0.25) is 4.79 Å². The molecule has 0 bridgehead atoms. The Morgan fingerprint density at radius 1 is 1.32 bits per heavy atom. The molecule has 0 radical (unpaired) electrons. The molecule has 1 saturated heterocycles. The number of benzene rings is 1. The van der Waals surface area contributed by atoms with Gasteiger partial charge in [0.1, 0.15) is 24.6 Å². The van der Waals surface area contributed by atoms with Gasteiger partial charge in [0.2, 0.25) is 0 Å². The number of esters is 1. The molecule has 25 heavy (non-hydrogen) atoms. The van der Waals surface area contributed by atoms with Gasteiger partial charge in [0.05, 0.1) is 5.54 Å². The lowest BCUT2D eigenvalue weighted by molar-refractivity contribution is -0.144. The average molecular weight is 369 g/mol. The van der Waals surface area contributed by atoms with E-state index in [2.05, 4.69) is 0 Å². The van der Waals surface area contributed by atoms with Crippen LogP contribution in [-0.4, -0.2) is 54.4 Å². The third-order valence-electron chi connectivity index (χ3n) is 4.25. The molecule has 1 heterocycles. The predicted molar refractivity (Wildman–Crippen MR) is 90.5 cm³/mol. The van der Waals surface area contributed by atoms with Crippen molar-refractivity contribution in [1.82, 2.24) is 4.90 Å². The minimum absolute atomic E-state index is 0.0187. The number of nitrogens with two attached hydrogens (primary N) is 1. The van der Waals surface area contributed by atoms with Crippen LogP contribution in [0.3, 0.4) is 0 Å². The lowest BCUT2D eigenvalue weighted by Gasteiger charge is -2.47. The topological polar surface area (TPSA) is 91.1 Å². The summed E-state index contributed by atoms with van der Waals surface area (Å²) < 4.78 is 16.1. The summed E-state index contributed by atoms with van der Waals surface area (Å²) in [4.78, 5) is 24.4. The number of carbonyl (C=O) groups excluding carboxylic acids is 2. The average Bonchev–Trinajstić information content (AvgIpc) is 2.48. The van der Waals surface area contributed by atoms with Crippen LogP contribution < -0.4 is 10.5 Å². The Labute approximate surface area is 151 Å². The number of rotatable bonds is 5. The molecule has 1 aromatic rings. The van der Waals surface area contributed by atoms with Crippen molar-refractivity contribution in [3.63, 3.8) is 0 Å². The molecule has 8 heteroatoms. The van der Waals surface area contributed by atoms with Crippen LogP contribution in [0.5, 0.6) is 5.75 Å². The van der Waals surface area contributed by atoms with E-state index in [1.165, 1.54) is 11.8 Å². The first kappa shape index (κ1) is 17.8. The summed E-state index contributed by atoms with van der Waals surface area (Å²) in [7, 11) is 0. The fourth-order valence-corrected chi connectivity index (χ4v) is 3.02. The van der Waals surface area contributed by atoms with Gasteiger partial charge in [0.25, 0.3) is 0 Å². The Kier molecular flexibility index (Phi) is 5.06. The second-order valence-electron chi connectivity index (χ2n) is 6.67. The van der Waals surface area contributed by atoms with E-state index in [0.29, 0.717) is 36.7 Å². The van der Waals surface area contributed by atoms with Gasteiger partial charge in [-0.05, 0) is 18.2 Å². The van der Waals surface area contributed by atoms with E-state index in [1.54, 1.807) is 12.1 Å². The van der Waals surface area contributed by atoms with E-state index >= 15 is 0 Å². The van der Waals surface area contributed by atoms with Crippen molar-refractivity contribution < 1.29 is 23.8 Å². The van der Waals surface area contributed by atoms with Crippen LogP contribution in [0, 0.1) is 0 Å². The highest BCUT2D eigenvalue weighted by molar-refractivity contribution is 6.30. The zero-order chi connectivity index (χ0) is 18.0. The third kappa shape index (κ3) is 4.55. The van der Waals surface area contributed by atoms with Gasteiger partial charge in [-0.1, -0.05) is 17.7 Å². The molecule has 3 rings (SSSR count). The number of halogens is 1. The van der Waals surface area contributed by atoms with Crippen molar-refractivity contribution in [2.75, 3.05) is 19.7 Å². The molecule has 0 spiro atoms. The number of hydrogen-bond donors (Lipinski definition) is 1. The highest BCUT2D eigenvalue weighted by Gasteiger charge is 2.45. The smallest absolute Gasteiger partial charge is 0.410 e. The maximum Gasteiger partial charge on any atom is 0.410 e. The molecular formula is C17H21ClN2O5. The van der Waals surface area contributed by atoms with Crippen molar-refractivity contribution in [1.29, 1.82) is 0 Å². The van der Waals surface area contributed by atoms with Gasteiger partial charge < -0.3 is 24.8 Å². The lowest BCUT2D eigenvalue weighted by atomic mass is 9.91. The number of ether oxygens (including phenoxy) is 3. The number of amides is 1. The maximum atomic E-state index is 12.0. The standard InChI is InChI=1S/C17H21ClN2O5/c1-11(21)23-10-17(19)8-20(9-17)16(22)25-15-6-14(7-15)24-13-4-2-3-12(18)5-13/h2-5,14-15H,6-10,19H2,1H3. The summed E-state index contributed by atoms with van der Waals surface area (Å²) in [5.74, 6) is 0.328. The Morgan fingerprint density at radius 3 is 2.68 bits per heavy atom. The largest absolute Gasteiger partial charge is 0.490 e. The number of nitrogens with zero attached hydrogens (tertiary/aromatic N) is 1. The van der Waals surface area contributed by atoms with Gasteiger partial charge in [-0.2, -0.15) is 0 Å². The molecule has 2 aliphatic rings. The minimum Gasteiger partial charge on any atom is -0.490 e. The fraction of sp³-hybridized carbons (Fsp3) is 0.529. The lowest BCUT2D eigenvalue weighted by Crippen LogP contribution is -2.71. The van der Waals surface area contributed by atoms with Gasteiger partial charge in [0.15, 0.2) is 0 Å². The molecule has 1 aliphatic carbocycles. The molecule has 0 aromatic heterocycles. The molecule has 1 saturated carbocycles. The first-order chi connectivity index (χ1) is 11.8. The van der Waals surface area contributed by atoms with Crippen LogP contribution in [0.2, 0.25) is 5.02 Å². The molecular weight excluding hydrogens is 348 g/mol. The first-order valence-corrected chi connectivity index (χ1v) is 8.51. The molecule has 7 nitrogen and oxygen atoms in total. The Hall–Kier alpha value is -1.99. The van der Waals surface area contributed by atoms with Crippen LogP contribution in [0.15, 0.2) is 24.3 Å². The van der Waals surface area contributed by atoms with Crippen molar-refractivity contribution >= 4 is 23.7 Å². The maximum absolute atomic E-state index is 12.0. The summed E-state index contributed by atoms with van der Waals surface area (Å²) >= 11 is 5.91. The molecule has 0 atom stereocenters. The second kappa shape index (κ2) is 7.09. The molecule has 2 N–H and O–H groups in total. The van der Waals surface area contributed by atoms with E-state index < -0.39 is 11.6 Å². The zero-order valence-corrected chi connectivity index (χ0v) is 14.7. The van der Waals surface area contributed by atoms with E-state index in [0.717, 1.165) is 0 Å². The third-order valence-corrected chi connectivity index (χ3v) is 4.49. The summed E-state index contributed by atoms with van der Waals surface area (Å²) in [6.45, 7) is 2.06. The van der Waals surface area contributed by atoms with Crippen molar-refractivity contribution in [3.05, 3.63) is 29.3 Å². The van der Waals surface area contributed by atoms with Crippen LogP contribution >= 0.6 is 11.6 Å². The Bertz CT molecular complexity index is 656. The number of likely N-dealkylation sites (tertiary alicyclic amines) is 1. The monoisotopic (exact) mass is 368 g/mol. The van der Waals surface area contributed by atoms with Crippen molar-refractivity contribution in [2.45, 2.75) is 37.5 Å². The quantitative estimate of drug-likeness (QED) is 0.799. The first-order valence-electron chi connectivity index (χ1n) is 8.13. The summed E-state index contributed by atoms with van der Waals surface area (Å²) in [6.07, 6.45) is 0.763. The van der Waals surface area contributed by atoms with Crippen molar-refractivity contribution in [3.8, 4) is 5.75 Å². The second-order valence-corrected chi connectivity index (χ2v) is 7.11. The fourth-order valence-electron chi connectivity index (χ4n) is 2.84. The van der Waals surface area contributed by atoms with Crippen LogP contribution in [0.25, 0.3) is 0 Å². The van der Waals surface area contributed by atoms with Crippen LogP contribution in [0.1, 0.15) is 19.8 Å². The normalized spacial score (nSPS) is 23.9. The van der Waals surface area contributed by atoms with Crippen LogP contribution in [0.4, 0.5) is 4.79 Å². The molecule has 1 aliphatic heterocycles. The van der Waals surface area contributed by atoms with Crippen LogP contribution in [-0.2, 0) is 14.3 Å². The van der Waals surface area contributed by atoms with E-state index in [4.69, 9.17) is 31.5 Å². The molecule has 1 amide bonds.